The van der Waals surface area contributed by atoms with E-state index in [1.54, 1.807) is 31.8 Å². The van der Waals surface area contributed by atoms with Crippen LogP contribution in [0.5, 0.6) is 5.75 Å². The summed E-state index contributed by atoms with van der Waals surface area (Å²) in [5.74, 6) is 0.716. The Morgan fingerprint density at radius 3 is 2.58 bits per heavy atom. The Kier molecular flexibility index (Phi) is 8.61. The van der Waals surface area contributed by atoms with Gasteiger partial charge in [-0.2, -0.15) is 0 Å². The van der Waals surface area contributed by atoms with Crippen molar-refractivity contribution in [2.75, 3.05) is 13.7 Å². The maximum absolute atomic E-state index is 15.0. The first kappa shape index (κ1) is 31.5. The molecule has 10 nitrogen and oxygen atoms in total. The predicted octanol–water partition coefficient (Wildman–Crippen LogP) is 8.54. The van der Waals surface area contributed by atoms with Crippen LogP contribution in [0.1, 0.15) is 31.2 Å². The smallest absolute Gasteiger partial charge is 0.193 e. The molecular weight excluding hydrogens is 652 g/mol. The van der Waals surface area contributed by atoms with Crippen LogP contribution < -0.4 is 4.74 Å². The van der Waals surface area contributed by atoms with Gasteiger partial charge in [0, 0.05) is 42.5 Å². The quantitative estimate of drug-likeness (QED) is 0.173. The molecule has 12 heteroatoms. The Balaban J connectivity index is 0.000000346. The van der Waals surface area contributed by atoms with Crippen LogP contribution >= 0.6 is 11.3 Å². The summed E-state index contributed by atoms with van der Waals surface area (Å²) in [5.41, 5.74) is 6.24. The number of hydrogen-bond donors (Lipinski definition) is 0. The van der Waals surface area contributed by atoms with Crippen molar-refractivity contribution in [3.63, 3.8) is 0 Å². The summed E-state index contributed by atoms with van der Waals surface area (Å²) >= 11 is 1.52. The van der Waals surface area contributed by atoms with Gasteiger partial charge in [0.15, 0.2) is 12.1 Å². The number of thiazole rings is 1. The molecule has 6 aromatic heterocycles. The van der Waals surface area contributed by atoms with Crippen LogP contribution in [0.3, 0.4) is 0 Å². The van der Waals surface area contributed by atoms with E-state index in [0.717, 1.165) is 69.7 Å². The standard InChI is InChI=1S/C31H27FN6O2S.C7H6N2/c1-19-28(37-17-21(14-15-24(37)34-19)26-22(32)11-8-12-23(26)39-2)31-35-27(20-9-4-3-5-10-20)29(41-31)30-33-18-38(36-30)25-13-6-7-16-40-25;1-2-5-9-6-4-8-7(9)3-1/h3-5,8-12,14-15,17-18,25H,6-7,13,16H2,1-2H3;1-6H. The van der Waals surface area contributed by atoms with E-state index in [2.05, 4.69) is 9.97 Å². The summed E-state index contributed by atoms with van der Waals surface area (Å²) in [7, 11) is 1.54. The second-order valence-corrected chi connectivity index (χ2v) is 12.8. The first-order valence-corrected chi connectivity index (χ1v) is 17.2. The van der Waals surface area contributed by atoms with Crippen molar-refractivity contribution >= 4 is 22.6 Å². The van der Waals surface area contributed by atoms with Crippen molar-refractivity contribution < 1.29 is 13.9 Å². The molecule has 2 aromatic carbocycles. The van der Waals surface area contributed by atoms with E-state index < -0.39 is 0 Å². The van der Waals surface area contributed by atoms with Crippen molar-refractivity contribution in [1.29, 1.82) is 0 Å². The van der Waals surface area contributed by atoms with Gasteiger partial charge in [0.05, 0.1) is 24.1 Å². The van der Waals surface area contributed by atoms with E-state index in [1.165, 1.54) is 17.4 Å². The van der Waals surface area contributed by atoms with E-state index in [1.807, 2.05) is 99.7 Å². The highest BCUT2D eigenvalue weighted by Crippen LogP contribution is 2.41. The van der Waals surface area contributed by atoms with Crippen LogP contribution in [-0.2, 0) is 4.74 Å². The molecule has 250 valence electrons. The van der Waals surface area contributed by atoms with Gasteiger partial charge in [-0.25, -0.2) is 29.0 Å². The summed E-state index contributed by atoms with van der Waals surface area (Å²) in [4.78, 5) is 19.5. The number of rotatable bonds is 6. The van der Waals surface area contributed by atoms with Gasteiger partial charge in [0.25, 0.3) is 0 Å². The summed E-state index contributed by atoms with van der Waals surface area (Å²) in [5, 5.41) is 5.60. The van der Waals surface area contributed by atoms with E-state index in [-0.39, 0.29) is 12.0 Å². The molecule has 1 fully saturated rings. The van der Waals surface area contributed by atoms with Crippen LogP contribution in [0.25, 0.3) is 55.1 Å². The summed E-state index contributed by atoms with van der Waals surface area (Å²) in [6.07, 6.45) is 12.3. The lowest BCUT2D eigenvalue weighted by Crippen LogP contribution is -2.18. The second-order valence-electron chi connectivity index (χ2n) is 11.8. The number of aryl methyl sites for hydroxylation is 1. The molecule has 9 rings (SSSR count). The molecule has 0 amide bonds. The number of fused-ring (bicyclic) bond motifs is 2. The number of methoxy groups -OCH3 is 1. The number of hydrogen-bond acceptors (Lipinski definition) is 8. The molecular formula is C38H33FN8O2S. The van der Waals surface area contributed by atoms with Gasteiger partial charge in [-0.15, -0.1) is 16.4 Å². The van der Waals surface area contributed by atoms with Gasteiger partial charge in [-0.05, 0) is 62.6 Å². The number of pyridine rings is 2. The van der Waals surface area contributed by atoms with Gasteiger partial charge < -0.3 is 13.9 Å². The molecule has 1 unspecified atom stereocenters. The van der Waals surface area contributed by atoms with Crippen LogP contribution in [0.2, 0.25) is 0 Å². The van der Waals surface area contributed by atoms with Crippen LogP contribution in [0.15, 0.2) is 110 Å². The fourth-order valence-corrected chi connectivity index (χ4v) is 7.32. The Labute approximate surface area is 291 Å². The number of ether oxygens (including phenoxy) is 2. The van der Waals surface area contributed by atoms with E-state index in [4.69, 9.17) is 24.5 Å². The molecule has 50 heavy (non-hydrogen) atoms. The summed E-state index contributed by atoms with van der Waals surface area (Å²) in [6, 6.07) is 24.5. The van der Waals surface area contributed by atoms with Crippen molar-refractivity contribution in [2.45, 2.75) is 32.4 Å². The van der Waals surface area contributed by atoms with Crippen molar-refractivity contribution in [1.82, 2.24) is 38.5 Å². The molecule has 1 saturated heterocycles. The molecule has 0 spiro atoms. The average Bonchev–Trinajstić information content (AvgIpc) is 3.97. The fraction of sp³-hybridized carbons (Fsp3) is 0.184. The zero-order valence-electron chi connectivity index (χ0n) is 27.5. The lowest BCUT2D eigenvalue weighted by molar-refractivity contribution is -0.0395. The fourth-order valence-electron chi connectivity index (χ4n) is 6.20. The third kappa shape index (κ3) is 6.03. The van der Waals surface area contributed by atoms with Crippen LogP contribution in [0.4, 0.5) is 4.39 Å². The molecule has 0 saturated carbocycles. The first-order chi connectivity index (χ1) is 24.6. The third-order valence-corrected chi connectivity index (χ3v) is 9.68. The molecule has 1 aliphatic rings. The second kappa shape index (κ2) is 13.7. The molecule has 1 atom stereocenters. The van der Waals surface area contributed by atoms with Crippen LogP contribution in [0, 0.1) is 12.7 Å². The highest BCUT2D eigenvalue weighted by molar-refractivity contribution is 7.18. The minimum Gasteiger partial charge on any atom is -0.496 e. The van der Waals surface area contributed by atoms with Crippen molar-refractivity contribution in [3.05, 3.63) is 121 Å². The zero-order valence-corrected chi connectivity index (χ0v) is 28.3. The minimum atomic E-state index is -0.353. The predicted molar refractivity (Wildman–Crippen MR) is 191 cm³/mol. The number of benzene rings is 2. The summed E-state index contributed by atoms with van der Waals surface area (Å²) in [6.45, 7) is 2.69. The van der Waals surface area contributed by atoms with Gasteiger partial charge >= 0.3 is 0 Å². The maximum atomic E-state index is 15.0. The normalized spacial score (nSPS) is 14.5. The summed E-state index contributed by atoms with van der Waals surface area (Å²) < 4.78 is 32.1. The van der Waals surface area contributed by atoms with Crippen molar-refractivity contribution in [3.8, 4) is 49.5 Å². The molecule has 8 aromatic rings. The Morgan fingerprint density at radius 2 is 1.76 bits per heavy atom. The van der Waals surface area contributed by atoms with E-state index in [9.17, 15) is 4.39 Å². The monoisotopic (exact) mass is 684 g/mol. The number of halogens is 1. The molecule has 1 aliphatic heterocycles. The first-order valence-electron chi connectivity index (χ1n) is 16.4. The van der Waals surface area contributed by atoms with Crippen LogP contribution in [-0.4, -0.2) is 52.2 Å². The molecule has 0 bridgehead atoms. The number of imidazole rings is 2. The maximum Gasteiger partial charge on any atom is 0.193 e. The minimum absolute atomic E-state index is 0.104. The highest BCUT2D eigenvalue weighted by atomic mass is 32.1. The zero-order chi connectivity index (χ0) is 34.0. The van der Waals surface area contributed by atoms with E-state index >= 15 is 0 Å². The average molecular weight is 685 g/mol. The SMILES string of the molecule is COc1cccc(F)c1-c1ccc2nc(C)c(-c3nc(-c4ccccc4)c(-c4ncn(C5CCCCO5)n4)s3)n2c1.c1ccn2ccnc2c1. The Hall–Kier alpha value is -5.72. The molecule has 7 heterocycles. The van der Waals surface area contributed by atoms with Crippen molar-refractivity contribution in [2.24, 2.45) is 0 Å². The van der Waals surface area contributed by atoms with Gasteiger partial charge in [-0.3, -0.25) is 4.40 Å². The molecule has 0 aliphatic carbocycles. The Morgan fingerprint density at radius 1 is 0.880 bits per heavy atom. The van der Waals surface area contributed by atoms with E-state index in [0.29, 0.717) is 22.7 Å². The van der Waals surface area contributed by atoms with Gasteiger partial charge in [0.2, 0.25) is 0 Å². The lowest BCUT2D eigenvalue weighted by atomic mass is 10.1. The Bertz CT molecular complexity index is 2380. The van der Waals surface area contributed by atoms with Gasteiger partial charge in [0.1, 0.15) is 44.8 Å². The topological polar surface area (TPSA) is 96.7 Å². The lowest BCUT2D eigenvalue weighted by Gasteiger charge is -2.21. The number of aromatic nitrogens is 8. The molecule has 0 radical (unpaired) electrons. The highest BCUT2D eigenvalue weighted by Gasteiger charge is 2.25. The molecule has 0 N–H and O–H groups in total. The largest absolute Gasteiger partial charge is 0.496 e. The number of nitrogens with zero attached hydrogens (tertiary/aromatic N) is 8. The third-order valence-electron chi connectivity index (χ3n) is 8.62. The van der Waals surface area contributed by atoms with Gasteiger partial charge in [-0.1, -0.05) is 42.5 Å².